The molecule has 6 nitrogen and oxygen atoms in total. The van der Waals surface area contributed by atoms with Crippen molar-refractivity contribution in [2.24, 2.45) is 0 Å². The van der Waals surface area contributed by atoms with E-state index in [-0.39, 0.29) is 11.5 Å². The maximum atomic E-state index is 13.3. The zero-order chi connectivity index (χ0) is 21.8. The Labute approximate surface area is 181 Å². The van der Waals surface area contributed by atoms with Crippen LogP contribution in [0, 0.1) is 0 Å². The Morgan fingerprint density at radius 1 is 1.03 bits per heavy atom. The van der Waals surface area contributed by atoms with E-state index in [0.29, 0.717) is 42.1 Å². The van der Waals surface area contributed by atoms with Crippen molar-refractivity contribution in [3.8, 4) is 22.6 Å². The summed E-state index contributed by atoms with van der Waals surface area (Å²) >= 11 is 0. The van der Waals surface area contributed by atoms with Crippen LogP contribution in [0.15, 0.2) is 59.4 Å². The Kier molecular flexibility index (Phi) is 6.07. The number of carbonyl (C=O) groups excluding carboxylic acids is 1. The second-order valence-electron chi connectivity index (χ2n) is 7.53. The molecule has 0 saturated carbocycles. The largest absolute Gasteiger partial charge is 0.493 e. The first-order valence-corrected chi connectivity index (χ1v) is 10.4. The van der Waals surface area contributed by atoms with E-state index in [1.54, 1.807) is 24.9 Å². The van der Waals surface area contributed by atoms with Gasteiger partial charge in [0.2, 0.25) is 0 Å². The molecule has 1 aliphatic rings. The van der Waals surface area contributed by atoms with E-state index in [1.165, 1.54) is 0 Å². The molecule has 3 aromatic rings. The molecule has 0 unspecified atom stereocenters. The van der Waals surface area contributed by atoms with Crippen LogP contribution in [0.2, 0.25) is 0 Å². The number of hydrogen-bond acceptors (Lipinski definition) is 4. The first kappa shape index (κ1) is 20.7. The van der Waals surface area contributed by atoms with Crippen LogP contribution in [0.4, 0.5) is 0 Å². The summed E-state index contributed by atoms with van der Waals surface area (Å²) < 4.78 is 12.4. The lowest BCUT2D eigenvalue weighted by atomic mass is 9.97. The van der Waals surface area contributed by atoms with E-state index in [9.17, 15) is 9.59 Å². The highest BCUT2D eigenvalue weighted by Gasteiger charge is 2.24. The Bertz CT molecular complexity index is 1150. The number of fused-ring (bicyclic) bond motifs is 1. The molecule has 0 bridgehead atoms. The Morgan fingerprint density at radius 3 is 2.55 bits per heavy atom. The summed E-state index contributed by atoms with van der Waals surface area (Å²) in [7, 11) is 3.21. The predicted molar refractivity (Wildman–Crippen MR) is 120 cm³/mol. The zero-order valence-corrected chi connectivity index (χ0v) is 17.8. The standard InChI is InChI=1S/C25H26N2O4/c1-30-21-11-10-17(15-22(21)31-2)12-13-26-25(29)24-19(18-7-4-3-5-8-18)16-23(28)27-14-6-9-20(24)27/h3-5,7-8,10-11,15-16H,6,9,12-14H2,1-2H3,(H,26,29). The average Bonchev–Trinajstić information content (AvgIpc) is 3.29. The van der Waals surface area contributed by atoms with Crippen molar-refractivity contribution in [3.05, 3.63) is 81.8 Å². The van der Waals surface area contributed by atoms with Gasteiger partial charge in [-0.25, -0.2) is 0 Å². The van der Waals surface area contributed by atoms with E-state index in [2.05, 4.69) is 5.32 Å². The maximum absolute atomic E-state index is 13.3. The summed E-state index contributed by atoms with van der Waals surface area (Å²) in [5, 5.41) is 3.05. The van der Waals surface area contributed by atoms with Gasteiger partial charge in [-0.15, -0.1) is 0 Å². The van der Waals surface area contributed by atoms with Crippen LogP contribution in [-0.2, 0) is 19.4 Å². The summed E-state index contributed by atoms with van der Waals surface area (Å²) in [5.74, 6) is 1.19. The van der Waals surface area contributed by atoms with E-state index in [0.717, 1.165) is 29.7 Å². The van der Waals surface area contributed by atoms with Gasteiger partial charge >= 0.3 is 0 Å². The highest BCUT2D eigenvalue weighted by molar-refractivity contribution is 6.02. The molecule has 0 saturated heterocycles. The molecule has 2 aromatic carbocycles. The average molecular weight is 418 g/mol. The van der Waals surface area contributed by atoms with Gasteiger partial charge < -0.3 is 19.4 Å². The normalized spacial score (nSPS) is 12.3. The molecule has 1 N–H and O–H groups in total. The van der Waals surface area contributed by atoms with E-state index in [4.69, 9.17) is 9.47 Å². The van der Waals surface area contributed by atoms with Gasteiger partial charge in [0.05, 0.1) is 19.8 Å². The van der Waals surface area contributed by atoms with Crippen LogP contribution in [0.1, 0.15) is 28.0 Å². The third-order valence-electron chi connectivity index (χ3n) is 5.67. The minimum absolute atomic E-state index is 0.0479. The number of benzene rings is 2. The number of aromatic nitrogens is 1. The fourth-order valence-corrected chi connectivity index (χ4v) is 4.15. The fourth-order valence-electron chi connectivity index (χ4n) is 4.15. The number of nitrogens with zero attached hydrogens (tertiary/aromatic N) is 1. The molecule has 1 amide bonds. The molecule has 0 fully saturated rings. The number of hydrogen-bond donors (Lipinski definition) is 1. The zero-order valence-electron chi connectivity index (χ0n) is 17.8. The van der Waals surface area contributed by atoms with Gasteiger partial charge in [-0.05, 0) is 42.5 Å². The summed E-state index contributed by atoms with van der Waals surface area (Å²) in [6.07, 6.45) is 2.26. The van der Waals surface area contributed by atoms with Crippen LogP contribution in [-0.4, -0.2) is 31.2 Å². The van der Waals surface area contributed by atoms with Crippen molar-refractivity contribution >= 4 is 5.91 Å². The van der Waals surface area contributed by atoms with Crippen LogP contribution >= 0.6 is 0 Å². The summed E-state index contributed by atoms with van der Waals surface area (Å²) in [4.78, 5) is 25.9. The lowest BCUT2D eigenvalue weighted by Crippen LogP contribution is -2.30. The van der Waals surface area contributed by atoms with Gasteiger partial charge in [0, 0.05) is 30.4 Å². The van der Waals surface area contributed by atoms with Gasteiger partial charge in [0.1, 0.15) is 0 Å². The lowest BCUT2D eigenvalue weighted by molar-refractivity contribution is 0.0953. The third-order valence-corrected chi connectivity index (χ3v) is 5.67. The van der Waals surface area contributed by atoms with Crippen molar-refractivity contribution in [3.63, 3.8) is 0 Å². The Morgan fingerprint density at radius 2 is 1.81 bits per heavy atom. The van der Waals surface area contributed by atoms with Crippen molar-refractivity contribution in [2.45, 2.75) is 25.8 Å². The molecule has 2 heterocycles. The molecule has 1 aliphatic heterocycles. The van der Waals surface area contributed by atoms with Crippen LogP contribution in [0.25, 0.3) is 11.1 Å². The van der Waals surface area contributed by atoms with Gasteiger partial charge in [-0.3, -0.25) is 9.59 Å². The summed E-state index contributed by atoms with van der Waals surface area (Å²) in [6.45, 7) is 1.14. The van der Waals surface area contributed by atoms with Crippen LogP contribution in [0.3, 0.4) is 0 Å². The molecular formula is C25H26N2O4. The van der Waals surface area contributed by atoms with E-state index >= 15 is 0 Å². The van der Waals surface area contributed by atoms with E-state index in [1.807, 2.05) is 48.5 Å². The summed E-state index contributed by atoms with van der Waals surface area (Å²) in [6, 6.07) is 16.9. The van der Waals surface area contributed by atoms with Gasteiger partial charge in [-0.1, -0.05) is 36.4 Å². The highest BCUT2D eigenvalue weighted by Crippen LogP contribution is 2.29. The second-order valence-corrected chi connectivity index (χ2v) is 7.53. The number of rotatable bonds is 7. The number of pyridine rings is 1. The van der Waals surface area contributed by atoms with Gasteiger partial charge in [0.25, 0.3) is 11.5 Å². The van der Waals surface area contributed by atoms with Crippen molar-refractivity contribution in [1.29, 1.82) is 0 Å². The molecule has 0 atom stereocenters. The minimum Gasteiger partial charge on any atom is -0.493 e. The summed E-state index contributed by atoms with van der Waals surface area (Å²) in [5.41, 5.74) is 4.00. The molecule has 0 aliphatic carbocycles. The third kappa shape index (κ3) is 4.19. The molecule has 0 spiro atoms. The number of carbonyl (C=O) groups is 1. The van der Waals surface area contributed by atoms with E-state index < -0.39 is 0 Å². The smallest absolute Gasteiger partial charge is 0.253 e. The molecule has 160 valence electrons. The Balaban J connectivity index is 1.58. The first-order chi connectivity index (χ1) is 15.1. The molecule has 0 radical (unpaired) electrons. The van der Waals surface area contributed by atoms with Gasteiger partial charge in [0.15, 0.2) is 11.5 Å². The van der Waals surface area contributed by atoms with Crippen LogP contribution in [0.5, 0.6) is 11.5 Å². The SMILES string of the molecule is COc1ccc(CCNC(=O)c2c(-c3ccccc3)cc(=O)n3c2CCC3)cc1OC. The number of amides is 1. The van der Waals surface area contributed by atoms with Crippen LogP contribution < -0.4 is 20.3 Å². The second kappa shape index (κ2) is 9.08. The minimum atomic E-state index is -0.148. The molecule has 6 heteroatoms. The van der Waals surface area contributed by atoms with Gasteiger partial charge in [-0.2, -0.15) is 0 Å². The topological polar surface area (TPSA) is 69.6 Å². The monoisotopic (exact) mass is 418 g/mol. The predicted octanol–water partition coefficient (Wildman–Crippen LogP) is 3.45. The van der Waals surface area contributed by atoms with Crippen molar-refractivity contribution in [1.82, 2.24) is 9.88 Å². The lowest BCUT2D eigenvalue weighted by Gasteiger charge is -2.16. The number of ether oxygens (including phenoxy) is 2. The maximum Gasteiger partial charge on any atom is 0.253 e. The highest BCUT2D eigenvalue weighted by atomic mass is 16.5. The number of methoxy groups -OCH3 is 2. The molecule has 4 rings (SSSR count). The quantitative estimate of drug-likeness (QED) is 0.638. The Hall–Kier alpha value is -3.54. The fraction of sp³-hybridized carbons (Fsp3) is 0.280. The molecule has 1 aromatic heterocycles. The van der Waals surface area contributed by atoms with Crippen molar-refractivity contribution in [2.75, 3.05) is 20.8 Å². The number of nitrogens with one attached hydrogen (secondary N) is 1. The first-order valence-electron chi connectivity index (χ1n) is 10.4. The molecular weight excluding hydrogens is 392 g/mol. The van der Waals surface area contributed by atoms with Crippen molar-refractivity contribution < 1.29 is 14.3 Å². The molecule has 31 heavy (non-hydrogen) atoms.